The maximum absolute atomic E-state index is 12.6. The number of amides is 1. The van der Waals surface area contributed by atoms with E-state index in [1.54, 1.807) is 0 Å². The fourth-order valence-electron chi connectivity index (χ4n) is 5.39. The summed E-state index contributed by atoms with van der Waals surface area (Å²) in [7, 11) is 0. The van der Waals surface area contributed by atoms with Crippen molar-refractivity contribution in [1.82, 2.24) is 20.1 Å². The lowest BCUT2D eigenvalue weighted by molar-refractivity contribution is -0.00711. The van der Waals surface area contributed by atoms with Crippen molar-refractivity contribution in [2.24, 2.45) is 0 Å². The van der Waals surface area contributed by atoms with Crippen LogP contribution in [0.5, 0.6) is 0 Å². The van der Waals surface area contributed by atoms with Gasteiger partial charge in [-0.15, -0.1) is 5.10 Å². The van der Waals surface area contributed by atoms with Crippen LogP contribution < -0.4 is 10.2 Å². The van der Waals surface area contributed by atoms with Crippen LogP contribution in [0, 0.1) is 25.2 Å². The summed E-state index contributed by atoms with van der Waals surface area (Å²) in [4.78, 5) is 21.5. The van der Waals surface area contributed by atoms with Crippen LogP contribution in [-0.2, 0) is 4.74 Å². The SMILES string of the molecule is Cc1c(C#N)cccc1[C@@H](C)Nc1nnc(C)c2cnc(N3CCC4C3CN4C(=O)OC(C)(C)C)cc12. The Balaban J connectivity index is 1.40. The first-order chi connectivity index (χ1) is 17.6. The van der Waals surface area contributed by atoms with Gasteiger partial charge in [-0.05, 0) is 71.2 Å². The molecule has 0 saturated carbocycles. The fourth-order valence-corrected chi connectivity index (χ4v) is 5.39. The van der Waals surface area contributed by atoms with Crippen molar-refractivity contribution in [1.29, 1.82) is 5.26 Å². The minimum Gasteiger partial charge on any atom is -0.444 e. The van der Waals surface area contributed by atoms with Gasteiger partial charge >= 0.3 is 6.09 Å². The molecule has 1 amide bonds. The number of nitrogens with one attached hydrogen (secondary N) is 1. The number of carbonyl (C=O) groups excluding carboxylic acids is 1. The third-order valence-electron chi connectivity index (χ3n) is 7.37. The fraction of sp³-hybridized carbons (Fsp3) is 0.464. The van der Waals surface area contributed by atoms with Crippen LogP contribution in [0.1, 0.15) is 62.5 Å². The van der Waals surface area contributed by atoms with Gasteiger partial charge in [0.1, 0.15) is 11.4 Å². The molecule has 2 fully saturated rings. The molecule has 3 atom stereocenters. The van der Waals surface area contributed by atoms with Gasteiger partial charge in [0.25, 0.3) is 0 Å². The zero-order chi connectivity index (χ0) is 26.5. The zero-order valence-corrected chi connectivity index (χ0v) is 22.2. The monoisotopic (exact) mass is 499 g/mol. The number of aryl methyl sites for hydroxylation is 1. The molecule has 37 heavy (non-hydrogen) atoms. The van der Waals surface area contributed by atoms with Crippen molar-refractivity contribution in [2.45, 2.75) is 71.7 Å². The minimum absolute atomic E-state index is 0.0738. The Morgan fingerprint density at radius 3 is 2.73 bits per heavy atom. The first-order valence-electron chi connectivity index (χ1n) is 12.7. The molecule has 0 bridgehead atoms. The Kier molecular flexibility index (Phi) is 6.14. The molecule has 2 aliphatic rings. The second-order valence-corrected chi connectivity index (χ2v) is 11.0. The largest absolute Gasteiger partial charge is 0.444 e. The molecule has 192 valence electrons. The van der Waals surface area contributed by atoms with Gasteiger partial charge in [-0.25, -0.2) is 9.78 Å². The highest BCUT2D eigenvalue weighted by Crippen LogP contribution is 2.38. The van der Waals surface area contributed by atoms with Gasteiger partial charge in [-0.2, -0.15) is 10.4 Å². The van der Waals surface area contributed by atoms with E-state index in [4.69, 9.17) is 9.72 Å². The number of carbonyl (C=O) groups is 1. The average molecular weight is 500 g/mol. The van der Waals surface area contributed by atoms with E-state index in [0.29, 0.717) is 17.9 Å². The first-order valence-corrected chi connectivity index (χ1v) is 12.7. The van der Waals surface area contributed by atoms with Crippen LogP contribution in [0.2, 0.25) is 0 Å². The summed E-state index contributed by atoms with van der Waals surface area (Å²) in [6.45, 7) is 13.1. The summed E-state index contributed by atoms with van der Waals surface area (Å²) in [5, 5.41) is 23.7. The van der Waals surface area contributed by atoms with Gasteiger partial charge in [0, 0.05) is 30.1 Å². The van der Waals surface area contributed by atoms with E-state index in [0.717, 1.165) is 46.4 Å². The highest BCUT2D eigenvalue weighted by Gasteiger charge is 2.50. The van der Waals surface area contributed by atoms with Crippen molar-refractivity contribution in [3.63, 3.8) is 0 Å². The molecule has 4 heterocycles. The average Bonchev–Trinajstić information content (AvgIpc) is 3.15. The maximum Gasteiger partial charge on any atom is 0.410 e. The van der Waals surface area contributed by atoms with E-state index in [1.165, 1.54) is 0 Å². The molecule has 9 nitrogen and oxygen atoms in total. The number of benzene rings is 1. The smallest absolute Gasteiger partial charge is 0.410 e. The highest BCUT2D eigenvalue weighted by molar-refractivity contribution is 5.94. The standard InChI is InChI=1S/C28H33N7O2/c1-16-19(13-29)8-7-9-20(16)17(2)31-26-21-12-25(30-14-22(21)18(3)32-33-26)34-11-10-23-24(34)15-35(23)27(36)37-28(4,5)6/h7-9,12,14,17,23-24H,10-11,15H2,1-6H3,(H,31,33)/t17-,23?,24?/m1/s1. The summed E-state index contributed by atoms with van der Waals surface area (Å²) in [5.74, 6) is 1.55. The quantitative estimate of drug-likeness (QED) is 0.541. The van der Waals surface area contributed by atoms with Gasteiger partial charge in [0.15, 0.2) is 5.82 Å². The predicted octanol–water partition coefficient (Wildman–Crippen LogP) is 4.88. The van der Waals surface area contributed by atoms with E-state index in [2.05, 4.69) is 39.5 Å². The van der Waals surface area contributed by atoms with Crippen LogP contribution in [0.15, 0.2) is 30.5 Å². The normalized spacial score (nSPS) is 19.7. The molecule has 0 aliphatic carbocycles. The number of nitrogens with zero attached hydrogens (tertiary/aromatic N) is 6. The molecule has 1 N–H and O–H groups in total. The number of pyridine rings is 1. The number of aromatic nitrogens is 3. The third-order valence-corrected chi connectivity index (χ3v) is 7.37. The van der Waals surface area contributed by atoms with Crippen molar-refractivity contribution < 1.29 is 9.53 Å². The highest BCUT2D eigenvalue weighted by atomic mass is 16.6. The number of fused-ring (bicyclic) bond motifs is 2. The molecule has 2 unspecified atom stereocenters. The number of nitriles is 1. The van der Waals surface area contributed by atoms with Gasteiger partial charge in [0.2, 0.25) is 0 Å². The van der Waals surface area contributed by atoms with Crippen molar-refractivity contribution >= 4 is 28.5 Å². The van der Waals surface area contributed by atoms with E-state index >= 15 is 0 Å². The number of rotatable bonds is 4. The van der Waals surface area contributed by atoms with Gasteiger partial charge in [0.05, 0.1) is 35.5 Å². The number of anilines is 2. The molecule has 2 saturated heterocycles. The van der Waals surface area contributed by atoms with Crippen LogP contribution in [0.3, 0.4) is 0 Å². The number of ether oxygens (including phenoxy) is 1. The van der Waals surface area contributed by atoms with Crippen LogP contribution in [0.25, 0.3) is 10.8 Å². The molecule has 2 aromatic heterocycles. The van der Waals surface area contributed by atoms with E-state index in [9.17, 15) is 10.1 Å². The van der Waals surface area contributed by atoms with Gasteiger partial charge in [-0.1, -0.05) is 12.1 Å². The zero-order valence-electron chi connectivity index (χ0n) is 22.2. The van der Waals surface area contributed by atoms with E-state index in [1.807, 2.05) is 63.9 Å². The molecule has 3 aromatic rings. The number of likely N-dealkylation sites (tertiary alicyclic amines) is 1. The molecule has 0 spiro atoms. The molecule has 9 heteroatoms. The van der Waals surface area contributed by atoms with Crippen LogP contribution in [-0.4, -0.2) is 56.9 Å². The second-order valence-electron chi connectivity index (χ2n) is 11.0. The lowest BCUT2D eigenvalue weighted by atomic mass is 9.98. The summed E-state index contributed by atoms with van der Waals surface area (Å²) >= 11 is 0. The lowest BCUT2D eigenvalue weighted by Crippen LogP contribution is -2.64. The van der Waals surface area contributed by atoms with Crippen molar-refractivity contribution in [3.8, 4) is 6.07 Å². The van der Waals surface area contributed by atoms with Gasteiger partial charge in [-0.3, -0.25) is 0 Å². The molecule has 2 aliphatic heterocycles. The topological polar surface area (TPSA) is 107 Å². The first kappa shape index (κ1) is 24.8. The Morgan fingerprint density at radius 1 is 1.22 bits per heavy atom. The summed E-state index contributed by atoms with van der Waals surface area (Å²) < 4.78 is 5.59. The molecule has 0 radical (unpaired) electrons. The van der Waals surface area contributed by atoms with Crippen LogP contribution in [0.4, 0.5) is 16.4 Å². The Bertz CT molecular complexity index is 1410. The summed E-state index contributed by atoms with van der Waals surface area (Å²) in [6.07, 6.45) is 2.50. The number of hydrogen-bond acceptors (Lipinski definition) is 8. The summed E-state index contributed by atoms with van der Waals surface area (Å²) in [5.41, 5.74) is 2.98. The predicted molar refractivity (Wildman–Crippen MR) is 142 cm³/mol. The van der Waals surface area contributed by atoms with Crippen molar-refractivity contribution in [3.05, 3.63) is 52.8 Å². The summed E-state index contributed by atoms with van der Waals surface area (Å²) in [6, 6.07) is 10.4. The Hall–Kier alpha value is -3.93. The van der Waals surface area contributed by atoms with E-state index in [-0.39, 0.29) is 24.2 Å². The molecule has 5 rings (SSSR count). The molecular weight excluding hydrogens is 466 g/mol. The Labute approximate surface area is 217 Å². The van der Waals surface area contributed by atoms with E-state index < -0.39 is 5.60 Å². The maximum atomic E-state index is 12.6. The second kappa shape index (κ2) is 9.18. The van der Waals surface area contributed by atoms with Gasteiger partial charge < -0.3 is 19.9 Å². The molecule has 1 aromatic carbocycles. The Morgan fingerprint density at radius 2 is 2.00 bits per heavy atom. The van der Waals surface area contributed by atoms with Crippen LogP contribution >= 0.6 is 0 Å². The third kappa shape index (κ3) is 4.52. The number of hydrogen-bond donors (Lipinski definition) is 1. The van der Waals surface area contributed by atoms with Crippen molar-refractivity contribution in [2.75, 3.05) is 23.3 Å². The lowest BCUT2D eigenvalue weighted by Gasteiger charge is -2.46. The minimum atomic E-state index is -0.506. The molecular formula is C28H33N7O2.